The van der Waals surface area contributed by atoms with E-state index in [0.717, 1.165) is 18.2 Å². The van der Waals surface area contributed by atoms with Crippen molar-refractivity contribution in [2.75, 3.05) is 0 Å². The fourth-order valence-corrected chi connectivity index (χ4v) is 2.20. The molecular weight excluding hydrogens is 295 g/mol. The second kappa shape index (κ2) is 5.65. The van der Waals surface area contributed by atoms with E-state index >= 15 is 0 Å². The van der Waals surface area contributed by atoms with Gasteiger partial charge in [0, 0.05) is 17.2 Å². The predicted molar refractivity (Wildman–Crippen MR) is 73.2 cm³/mol. The first-order valence-electron chi connectivity index (χ1n) is 6.40. The summed E-state index contributed by atoms with van der Waals surface area (Å²) in [6, 6.07) is 8.33. The molecular formula is C16H10F3NO2. The molecule has 1 aromatic heterocycles. The minimum absolute atomic E-state index is 0.0697. The van der Waals surface area contributed by atoms with Gasteiger partial charge in [-0.05, 0) is 36.4 Å². The van der Waals surface area contributed by atoms with Crippen molar-refractivity contribution in [3.05, 3.63) is 65.5 Å². The maximum atomic E-state index is 13.3. The van der Waals surface area contributed by atoms with Crippen molar-refractivity contribution in [3.63, 3.8) is 0 Å². The van der Waals surface area contributed by atoms with E-state index < -0.39 is 24.1 Å². The van der Waals surface area contributed by atoms with Gasteiger partial charge in [0.2, 0.25) is 0 Å². The number of hydrogen-bond acceptors (Lipinski definition) is 3. The summed E-state index contributed by atoms with van der Waals surface area (Å²) in [5.41, 5.74) is 1.22. The van der Waals surface area contributed by atoms with E-state index in [4.69, 9.17) is 4.52 Å². The summed E-state index contributed by atoms with van der Waals surface area (Å²) in [7, 11) is 0. The molecule has 3 nitrogen and oxygen atoms in total. The zero-order valence-electron chi connectivity index (χ0n) is 11.2. The van der Waals surface area contributed by atoms with Gasteiger partial charge in [-0.25, -0.2) is 13.2 Å². The largest absolute Gasteiger partial charge is 0.391 e. The Morgan fingerprint density at radius 1 is 0.864 bits per heavy atom. The lowest BCUT2D eigenvalue weighted by molar-refractivity contribution is 0.281. The molecule has 0 aliphatic heterocycles. The average Bonchev–Trinajstić information content (AvgIpc) is 2.91. The smallest absolute Gasteiger partial charge is 0.173 e. The lowest BCUT2D eigenvalue weighted by Crippen LogP contribution is -1.90. The number of benzene rings is 2. The quantitative estimate of drug-likeness (QED) is 0.798. The van der Waals surface area contributed by atoms with Gasteiger partial charge in [-0.2, -0.15) is 0 Å². The first-order chi connectivity index (χ1) is 10.6. The van der Waals surface area contributed by atoms with Gasteiger partial charge in [0.15, 0.2) is 5.76 Å². The zero-order chi connectivity index (χ0) is 15.7. The van der Waals surface area contributed by atoms with Crippen LogP contribution in [-0.2, 0) is 6.61 Å². The van der Waals surface area contributed by atoms with E-state index in [2.05, 4.69) is 5.16 Å². The lowest BCUT2D eigenvalue weighted by atomic mass is 10.0. The van der Waals surface area contributed by atoms with Crippen molar-refractivity contribution in [1.29, 1.82) is 0 Å². The monoisotopic (exact) mass is 305 g/mol. The Morgan fingerprint density at radius 3 is 2.09 bits per heavy atom. The van der Waals surface area contributed by atoms with Crippen LogP contribution >= 0.6 is 0 Å². The minimum atomic E-state index is -0.765. The van der Waals surface area contributed by atoms with E-state index in [1.807, 2.05) is 0 Å². The summed E-state index contributed by atoms with van der Waals surface area (Å²) < 4.78 is 44.7. The first-order valence-corrected chi connectivity index (χ1v) is 6.40. The molecule has 1 N–H and O–H groups in total. The van der Waals surface area contributed by atoms with E-state index in [1.165, 1.54) is 24.3 Å². The first kappa shape index (κ1) is 14.3. The number of aliphatic hydroxyl groups is 1. The molecule has 0 aliphatic carbocycles. The Hall–Kier alpha value is -2.60. The van der Waals surface area contributed by atoms with Crippen molar-refractivity contribution in [2.45, 2.75) is 6.61 Å². The number of nitrogens with zero attached hydrogens (tertiary/aromatic N) is 1. The highest BCUT2D eigenvalue weighted by Crippen LogP contribution is 2.33. The molecule has 0 radical (unpaired) electrons. The normalized spacial score (nSPS) is 10.9. The highest BCUT2D eigenvalue weighted by Gasteiger charge is 2.19. The molecule has 3 rings (SSSR count). The summed E-state index contributed by atoms with van der Waals surface area (Å²) in [5.74, 6) is -1.87. The van der Waals surface area contributed by atoms with Crippen LogP contribution in [-0.4, -0.2) is 10.3 Å². The van der Waals surface area contributed by atoms with Crippen LogP contribution < -0.4 is 0 Å². The summed E-state index contributed by atoms with van der Waals surface area (Å²) in [6.07, 6.45) is 0. The fraction of sp³-hybridized carbons (Fsp3) is 0.0625. The minimum Gasteiger partial charge on any atom is -0.391 e. The van der Waals surface area contributed by atoms with Gasteiger partial charge in [-0.1, -0.05) is 5.16 Å². The third-order valence-electron chi connectivity index (χ3n) is 3.19. The van der Waals surface area contributed by atoms with Crippen LogP contribution in [0.3, 0.4) is 0 Å². The summed E-state index contributed by atoms with van der Waals surface area (Å²) in [4.78, 5) is 0. The van der Waals surface area contributed by atoms with Crippen LogP contribution in [0, 0.1) is 17.5 Å². The Kier molecular flexibility index (Phi) is 3.68. The van der Waals surface area contributed by atoms with Crippen molar-refractivity contribution < 1.29 is 22.8 Å². The zero-order valence-corrected chi connectivity index (χ0v) is 11.2. The summed E-state index contributed by atoms with van der Waals surface area (Å²) in [6.45, 7) is -0.441. The van der Waals surface area contributed by atoms with Gasteiger partial charge in [0.25, 0.3) is 0 Å². The van der Waals surface area contributed by atoms with E-state index in [0.29, 0.717) is 11.3 Å². The van der Waals surface area contributed by atoms with Gasteiger partial charge in [0.05, 0.1) is 12.2 Å². The highest BCUT2D eigenvalue weighted by atomic mass is 19.1. The van der Waals surface area contributed by atoms with E-state index in [-0.39, 0.29) is 16.9 Å². The molecule has 0 atom stereocenters. The summed E-state index contributed by atoms with van der Waals surface area (Å²) >= 11 is 0. The molecule has 1 heterocycles. The second-order valence-corrected chi connectivity index (χ2v) is 4.66. The SMILES string of the molecule is OCc1c(-c2ccc(F)cc2)noc1-c1cc(F)cc(F)c1. The van der Waals surface area contributed by atoms with E-state index in [1.54, 1.807) is 0 Å². The number of rotatable bonds is 3. The van der Waals surface area contributed by atoms with E-state index in [9.17, 15) is 18.3 Å². The molecule has 0 aliphatic rings. The third-order valence-corrected chi connectivity index (χ3v) is 3.19. The fourth-order valence-electron chi connectivity index (χ4n) is 2.20. The van der Waals surface area contributed by atoms with Gasteiger partial charge >= 0.3 is 0 Å². The molecule has 0 saturated heterocycles. The Bertz CT molecular complexity index is 793. The van der Waals surface area contributed by atoms with Crippen molar-refractivity contribution >= 4 is 0 Å². The highest BCUT2D eigenvalue weighted by molar-refractivity contribution is 5.72. The molecule has 0 unspecified atom stereocenters. The molecule has 6 heteroatoms. The molecule has 0 saturated carbocycles. The average molecular weight is 305 g/mol. The van der Waals surface area contributed by atoms with Crippen LogP contribution in [0.2, 0.25) is 0 Å². The van der Waals surface area contributed by atoms with Crippen molar-refractivity contribution in [3.8, 4) is 22.6 Å². The molecule has 112 valence electrons. The van der Waals surface area contributed by atoms with Crippen LogP contribution in [0.25, 0.3) is 22.6 Å². The Labute approximate surface area is 123 Å². The Morgan fingerprint density at radius 2 is 1.50 bits per heavy atom. The van der Waals surface area contributed by atoms with Crippen LogP contribution in [0.15, 0.2) is 47.0 Å². The van der Waals surface area contributed by atoms with Crippen LogP contribution in [0.5, 0.6) is 0 Å². The molecule has 0 fully saturated rings. The molecule has 0 amide bonds. The molecule has 0 spiro atoms. The molecule has 0 bridgehead atoms. The van der Waals surface area contributed by atoms with Gasteiger partial charge < -0.3 is 9.63 Å². The maximum Gasteiger partial charge on any atom is 0.173 e. The number of aliphatic hydroxyl groups excluding tert-OH is 1. The number of hydrogen-bond donors (Lipinski definition) is 1. The van der Waals surface area contributed by atoms with Crippen molar-refractivity contribution in [2.24, 2.45) is 0 Å². The number of aromatic nitrogens is 1. The van der Waals surface area contributed by atoms with Crippen LogP contribution in [0.1, 0.15) is 5.56 Å². The van der Waals surface area contributed by atoms with Gasteiger partial charge in [-0.15, -0.1) is 0 Å². The van der Waals surface area contributed by atoms with Crippen molar-refractivity contribution in [1.82, 2.24) is 5.16 Å². The maximum absolute atomic E-state index is 13.3. The van der Waals surface area contributed by atoms with Gasteiger partial charge in [-0.3, -0.25) is 0 Å². The second-order valence-electron chi connectivity index (χ2n) is 4.66. The van der Waals surface area contributed by atoms with Crippen LogP contribution in [0.4, 0.5) is 13.2 Å². The molecule has 2 aromatic carbocycles. The van der Waals surface area contributed by atoms with Gasteiger partial charge in [0.1, 0.15) is 23.1 Å². The Balaban J connectivity index is 2.12. The number of halogens is 3. The predicted octanol–water partition coefficient (Wildman–Crippen LogP) is 3.92. The summed E-state index contributed by atoms with van der Waals surface area (Å²) in [5, 5.41) is 13.4. The molecule has 22 heavy (non-hydrogen) atoms. The topological polar surface area (TPSA) is 46.3 Å². The third kappa shape index (κ3) is 2.60. The lowest BCUT2D eigenvalue weighted by Gasteiger charge is -2.02. The standard InChI is InChI=1S/C16H10F3NO2/c17-11-3-1-9(2-4-11)15-14(8-21)16(22-20-15)10-5-12(18)7-13(19)6-10/h1-7,21H,8H2. The molecule has 3 aromatic rings.